The third kappa shape index (κ3) is 7.01. The van der Waals surface area contributed by atoms with Crippen molar-refractivity contribution in [3.63, 3.8) is 0 Å². The molecule has 0 radical (unpaired) electrons. The molecule has 0 spiro atoms. The number of hydrogen-bond acceptors (Lipinski definition) is 7. The number of amides is 1. The number of carbonyl (C=O) groups excluding carboxylic acids is 1. The summed E-state index contributed by atoms with van der Waals surface area (Å²) in [4.78, 5) is 14.9. The SMILES string of the molecule is CC(C)c1ccc(OC(C)c2nnc(SCC(=O)Nc3ccc(N4CCOCC4)c(Cl)c3)n2C(C)C)cc1. The summed E-state index contributed by atoms with van der Waals surface area (Å²) < 4.78 is 13.6. The van der Waals surface area contributed by atoms with Gasteiger partial charge in [0.15, 0.2) is 17.1 Å². The molecular weight excluding hydrogens is 522 g/mol. The normalized spacial score (nSPS) is 14.7. The maximum absolute atomic E-state index is 12.7. The third-order valence-electron chi connectivity index (χ3n) is 6.35. The number of hydrogen-bond donors (Lipinski definition) is 1. The Morgan fingerprint density at radius 3 is 2.42 bits per heavy atom. The summed E-state index contributed by atoms with van der Waals surface area (Å²) in [6, 6.07) is 13.9. The van der Waals surface area contributed by atoms with Gasteiger partial charge in [0, 0.05) is 24.8 Å². The van der Waals surface area contributed by atoms with Crippen LogP contribution in [0.5, 0.6) is 5.75 Å². The molecule has 1 unspecified atom stereocenters. The van der Waals surface area contributed by atoms with Crippen LogP contribution in [0.1, 0.15) is 64.1 Å². The molecule has 2 heterocycles. The molecule has 0 bridgehead atoms. The standard InChI is InChI=1S/C28H36ClN5O3S/c1-18(2)21-6-9-23(10-7-21)37-20(5)27-31-32-28(34(27)19(3)4)38-17-26(35)30-22-8-11-25(24(29)16-22)33-12-14-36-15-13-33/h6-11,16,18-20H,12-15,17H2,1-5H3,(H,30,35). The van der Waals surface area contributed by atoms with Crippen molar-refractivity contribution >= 4 is 40.6 Å². The lowest BCUT2D eigenvalue weighted by Crippen LogP contribution is -2.36. The molecule has 1 fully saturated rings. The first-order valence-electron chi connectivity index (χ1n) is 13.0. The maximum atomic E-state index is 12.7. The van der Waals surface area contributed by atoms with E-state index in [9.17, 15) is 4.79 Å². The quantitative estimate of drug-likeness (QED) is 0.291. The van der Waals surface area contributed by atoms with Crippen molar-refractivity contribution in [3.05, 3.63) is 58.9 Å². The van der Waals surface area contributed by atoms with E-state index in [1.807, 2.05) is 35.8 Å². The summed E-state index contributed by atoms with van der Waals surface area (Å²) in [6.45, 7) is 13.4. The number of anilines is 2. The molecule has 10 heteroatoms. The van der Waals surface area contributed by atoms with Crippen LogP contribution in [0.25, 0.3) is 0 Å². The molecule has 0 aliphatic carbocycles. The first kappa shape index (κ1) is 28.3. The zero-order valence-corrected chi connectivity index (χ0v) is 24.2. The van der Waals surface area contributed by atoms with E-state index in [0.29, 0.717) is 35.0 Å². The van der Waals surface area contributed by atoms with Crippen molar-refractivity contribution in [2.24, 2.45) is 0 Å². The molecule has 2 aromatic carbocycles. The Morgan fingerprint density at radius 1 is 1.08 bits per heavy atom. The predicted molar refractivity (Wildman–Crippen MR) is 154 cm³/mol. The molecule has 8 nitrogen and oxygen atoms in total. The van der Waals surface area contributed by atoms with Crippen LogP contribution in [0.15, 0.2) is 47.6 Å². The van der Waals surface area contributed by atoms with E-state index in [1.165, 1.54) is 17.3 Å². The summed E-state index contributed by atoms with van der Waals surface area (Å²) in [6.07, 6.45) is -0.301. The van der Waals surface area contributed by atoms with Gasteiger partial charge in [-0.25, -0.2) is 0 Å². The van der Waals surface area contributed by atoms with Gasteiger partial charge in [0.1, 0.15) is 5.75 Å². The van der Waals surface area contributed by atoms with Crippen LogP contribution in [0.4, 0.5) is 11.4 Å². The first-order chi connectivity index (χ1) is 18.2. The summed E-state index contributed by atoms with van der Waals surface area (Å²) in [5.41, 5.74) is 2.88. The lowest BCUT2D eigenvalue weighted by Gasteiger charge is -2.29. The number of carbonyl (C=O) groups is 1. The predicted octanol–water partition coefficient (Wildman–Crippen LogP) is 6.34. The highest BCUT2D eigenvalue weighted by atomic mass is 35.5. The molecular formula is C28H36ClN5O3S. The smallest absolute Gasteiger partial charge is 0.234 e. The number of morpholine rings is 1. The van der Waals surface area contributed by atoms with Gasteiger partial charge in [-0.3, -0.25) is 4.79 Å². The topological polar surface area (TPSA) is 81.5 Å². The average Bonchev–Trinajstić information content (AvgIpc) is 3.33. The molecule has 38 heavy (non-hydrogen) atoms. The second-order valence-corrected chi connectivity index (χ2v) is 11.2. The van der Waals surface area contributed by atoms with E-state index in [0.717, 1.165) is 30.4 Å². The van der Waals surface area contributed by atoms with Crippen molar-refractivity contribution in [2.75, 3.05) is 42.3 Å². The number of nitrogens with zero attached hydrogens (tertiary/aromatic N) is 4. The number of benzene rings is 2. The van der Waals surface area contributed by atoms with Gasteiger partial charge in [0.2, 0.25) is 5.91 Å². The van der Waals surface area contributed by atoms with Gasteiger partial charge in [-0.15, -0.1) is 10.2 Å². The zero-order chi connectivity index (χ0) is 27.2. The van der Waals surface area contributed by atoms with Crippen molar-refractivity contribution < 1.29 is 14.3 Å². The molecule has 0 saturated carbocycles. The van der Waals surface area contributed by atoms with E-state index >= 15 is 0 Å². The number of nitrogens with one attached hydrogen (secondary N) is 1. The monoisotopic (exact) mass is 557 g/mol. The van der Waals surface area contributed by atoms with Gasteiger partial charge in [-0.2, -0.15) is 0 Å². The Labute approximate surface area is 234 Å². The van der Waals surface area contributed by atoms with Crippen molar-refractivity contribution in [1.82, 2.24) is 14.8 Å². The maximum Gasteiger partial charge on any atom is 0.234 e. The fraction of sp³-hybridized carbons (Fsp3) is 0.464. The molecule has 1 aromatic heterocycles. The zero-order valence-electron chi connectivity index (χ0n) is 22.6. The van der Waals surface area contributed by atoms with Crippen LogP contribution in [-0.2, 0) is 9.53 Å². The number of aromatic nitrogens is 3. The summed E-state index contributed by atoms with van der Waals surface area (Å²) in [5, 5.41) is 13.0. The minimum absolute atomic E-state index is 0.103. The molecule has 3 aromatic rings. The number of ether oxygens (including phenoxy) is 2. The van der Waals surface area contributed by atoms with E-state index < -0.39 is 0 Å². The third-order valence-corrected chi connectivity index (χ3v) is 7.59. The highest BCUT2D eigenvalue weighted by Gasteiger charge is 2.22. The first-order valence-corrected chi connectivity index (χ1v) is 14.4. The van der Waals surface area contributed by atoms with E-state index in [4.69, 9.17) is 21.1 Å². The van der Waals surface area contributed by atoms with Crippen molar-refractivity contribution in [3.8, 4) is 5.75 Å². The molecule has 1 aliphatic heterocycles. The van der Waals surface area contributed by atoms with Crippen molar-refractivity contribution in [1.29, 1.82) is 0 Å². The highest BCUT2D eigenvalue weighted by molar-refractivity contribution is 7.99. The van der Waals surface area contributed by atoms with Crippen LogP contribution in [0, 0.1) is 0 Å². The largest absolute Gasteiger partial charge is 0.483 e. The second-order valence-electron chi connectivity index (χ2n) is 9.89. The molecule has 1 N–H and O–H groups in total. The number of rotatable bonds is 10. The van der Waals surface area contributed by atoms with Crippen molar-refractivity contribution in [2.45, 2.75) is 57.8 Å². The Kier molecular flexibility index (Phi) is 9.57. The molecule has 1 aliphatic rings. The van der Waals surface area contributed by atoms with Crippen LogP contribution in [-0.4, -0.2) is 52.7 Å². The van der Waals surface area contributed by atoms with E-state index in [1.54, 1.807) is 6.07 Å². The average molecular weight is 558 g/mol. The molecule has 4 rings (SSSR count). The summed E-state index contributed by atoms with van der Waals surface area (Å²) in [5.74, 6) is 2.03. The van der Waals surface area contributed by atoms with E-state index in [-0.39, 0.29) is 23.8 Å². The molecule has 1 saturated heterocycles. The molecule has 1 atom stereocenters. The van der Waals surface area contributed by atoms with Crippen LogP contribution >= 0.6 is 23.4 Å². The fourth-order valence-corrected chi connectivity index (χ4v) is 5.48. The van der Waals surface area contributed by atoms with E-state index in [2.05, 4.69) is 60.2 Å². The van der Waals surface area contributed by atoms with Gasteiger partial charge in [0.25, 0.3) is 0 Å². The number of halogens is 1. The Morgan fingerprint density at radius 2 is 1.79 bits per heavy atom. The minimum Gasteiger partial charge on any atom is -0.483 e. The highest BCUT2D eigenvalue weighted by Crippen LogP contribution is 2.31. The Bertz CT molecular complexity index is 1230. The van der Waals surface area contributed by atoms with Gasteiger partial charge in [-0.05, 0) is 62.6 Å². The Hall–Kier alpha value is -2.75. The van der Waals surface area contributed by atoms with Crippen LogP contribution in [0.3, 0.4) is 0 Å². The molecule has 1 amide bonds. The fourth-order valence-electron chi connectivity index (χ4n) is 4.31. The van der Waals surface area contributed by atoms with Gasteiger partial charge >= 0.3 is 0 Å². The lowest BCUT2D eigenvalue weighted by molar-refractivity contribution is -0.113. The van der Waals surface area contributed by atoms with Crippen LogP contribution in [0.2, 0.25) is 5.02 Å². The van der Waals surface area contributed by atoms with Gasteiger partial charge < -0.3 is 24.3 Å². The summed E-state index contributed by atoms with van der Waals surface area (Å²) in [7, 11) is 0. The van der Waals surface area contributed by atoms with Gasteiger partial charge in [-0.1, -0.05) is 49.3 Å². The Balaban J connectivity index is 1.37. The summed E-state index contributed by atoms with van der Waals surface area (Å²) >= 11 is 7.86. The molecule has 204 valence electrons. The number of thioether (sulfide) groups is 1. The minimum atomic E-state index is -0.301. The second kappa shape index (κ2) is 12.9. The van der Waals surface area contributed by atoms with Gasteiger partial charge in [0.05, 0.1) is 29.7 Å². The van der Waals surface area contributed by atoms with Crippen LogP contribution < -0.4 is 15.0 Å². The lowest BCUT2D eigenvalue weighted by atomic mass is 10.0.